The molecule has 14 heavy (non-hydrogen) atoms. The van der Waals surface area contributed by atoms with Crippen molar-refractivity contribution < 1.29 is 14.6 Å². The molecule has 0 saturated heterocycles. The summed E-state index contributed by atoms with van der Waals surface area (Å²) in [6.45, 7) is 0. The molecule has 0 aliphatic carbocycles. The normalized spacial score (nSPS) is 19.6. The largest absolute Gasteiger partial charge is 0.490 e. The van der Waals surface area contributed by atoms with E-state index in [1.807, 2.05) is 24.3 Å². The average Bonchev–Trinajstić information content (AvgIpc) is 2.17. The second-order valence-electron chi connectivity index (χ2n) is 3.48. The summed E-state index contributed by atoms with van der Waals surface area (Å²) in [7, 11) is 0. The van der Waals surface area contributed by atoms with Crippen LogP contribution in [0.25, 0.3) is 0 Å². The van der Waals surface area contributed by atoms with Crippen molar-refractivity contribution in [3.8, 4) is 5.75 Å². The van der Waals surface area contributed by atoms with E-state index in [0.29, 0.717) is 0 Å². The molecule has 2 rings (SSSR count). The molecule has 0 saturated carbocycles. The molecule has 3 heteroatoms. The molecule has 3 nitrogen and oxygen atoms in total. The van der Waals surface area contributed by atoms with Crippen LogP contribution >= 0.6 is 0 Å². The van der Waals surface area contributed by atoms with Crippen molar-refractivity contribution >= 4 is 5.97 Å². The van der Waals surface area contributed by atoms with E-state index in [1.54, 1.807) is 0 Å². The molecule has 1 aromatic carbocycles. The van der Waals surface area contributed by atoms with Gasteiger partial charge in [0.2, 0.25) is 0 Å². The molecular formula is C11H12O3. The van der Waals surface area contributed by atoms with Gasteiger partial charge in [-0.15, -0.1) is 0 Å². The molecule has 74 valence electrons. The molecule has 1 heterocycles. The maximum Gasteiger partial charge on any atom is 0.307 e. The summed E-state index contributed by atoms with van der Waals surface area (Å²) in [5.74, 6) is 0.0411. The van der Waals surface area contributed by atoms with Crippen molar-refractivity contribution in [1.82, 2.24) is 0 Å². The smallest absolute Gasteiger partial charge is 0.307 e. The third-order valence-electron chi connectivity index (χ3n) is 2.40. The number of aryl methyl sites for hydroxylation is 1. The number of benzene rings is 1. The summed E-state index contributed by atoms with van der Waals surface area (Å²) >= 11 is 0. The Bertz CT molecular complexity index is 346. The lowest BCUT2D eigenvalue weighted by molar-refractivity contribution is -0.139. The fourth-order valence-corrected chi connectivity index (χ4v) is 1.72. The number of aliphatic carboxylic acids is 1. The van der Waals surface area contributed by atoms with Crippen molar-refractivity contribution in [2.75, 3.05) is 0 Å². The highest BCUT2D eigenvalue weighted by atomic mass is 16.5. The number of carboxylic acids is 1. The highest BCUT2D eigenvalue weighted by Crippen LogP contribution is 2.27. The molecule has 0 amide bonds. The third-order valence-corrected chi connectivity index (χ3v) is 2.40. The molecular weight excluding hydrogens is 180 g/mol. The Morgan fingerprint density at radius 1 is 1.50 bits per heavy atom. The first-order valence-corrected chi connectivity index (χ1v) is 4.72. The summed E-state index contributed by atoms with van der Waals surface area (Å²) in [5.41, 5.74) is 1.18. The van der Waals surface area contributed by atoms with E-state index >= 15 is 0 Å². The van der Waals surface area contributed by atoms with Gasteiger partial charge in [-0.1, -0.05) is 18.2 Å². The van der Waals surface area contributed by atoms with Crippen LogP contribution in [0.4, 0.5) is 0 Å². The summed E-state index contributed by atoms with van der Waals surface area (Å²) in [6.07, 6.45) is 1.63. The van der Waals surface area contributed by atoms with Crippen LogP contribution in [0, 0.1) is 0 Å². The Balaban J connectivity index is 2.09. The van der Waals surface area contributed by atoms with Crippen molar-refractivity contribution in [1.29, 1.82) is 0 Å². The molecule has 0 aromatic heterocycles. The van der Waals surface area contributed by atoms with Gasteiger partial charge in [-0.25, -0.2) is 0 Å². The van der Waals surface area contributed by atoms with Crippen molar-refractivity contribution in [2.45, 2.75) is 25.4 Å². The topological polar surface area (TPSA) is 46.5 Å². The third kappa shape index (κ3) is 1.87. The van der Waals surface area contributed by atoms with Crippen LogP contribution in [0.1, 0.15) is 18.4 Å². The van der Waals surface area contributed by atoms with E-state index in [9.17, 15) is 4.79 Å². The highest BCUT2D eigenvalue weighted by molar-refractivity contribution is 5.67. The summed E-state index contributed by atoms with van der Waals surface area (Å²) in [6, 6.07) is 7.79. The zero-order valence-electron chi connectivity index (χ0n) is 7.77. The molecule has 1 N–H and O–H groups in total. The molecule has 0 unspecified atom stereocenters. The zero-order chi connectivity index (χ0) is 9.97. The molecule has 0 fully saturated rings. The van der Waals surface area contributed by atoms with E-state index in [-0.39, 0.29) is 12.5 Å². The lowest BCUT2D eigenvalue weighted by Gasteiger charge is -2.24. The van der Waals surface area contributed by atoms with Crippen LogP contribution in [-0.2, 0) is 11.2 Å². The summed E-state index contributed by atoms with van der Waals surface area (Å²) < 4.78 is 5.56. The van der Waals surface area contributed by atoms with Gasteiger partial charge in [0, 0.05) is 0 Å². The number of hydrogen-bond donors (Lipinski definition) is 1. The summed E-state index contributed by atoms with van der Waals surface area (Å²) in [5, 5.41) is 8.63. The quantitative estimate of drug-likeness (QED) is 0.777. The molecule has 0 spiro atoms. The first kappa shape index (κ1) is 9.06. The molecule has 0 radical (unpaired) electrons. The number of ether oxygens (including phenoxy) is 1. The van der Waals surface area contributed by atoms with Crippen molar-refractivity contribution in [3.05, 3.63) is 29.8 Å². The summed E-state index contributed by atoms with van der Waals surface area (Å²) in [4.78, 5) is 10.5. The Labute approximate surface area is 82.3 Å². The maximum atomic E-state index is 10.5. The Hall–Kier alpha value is -1.51. The van der Waals surface area contributed by atoms with E-state index in [1.165, 1.54) is 5.56 Å². The van der Waals surface area contributed by atoms with E-state index < -0.39 is 5.97 Å². The fraction of sp³-hybridized carbons (Fsp3) is 0.364. The number of rotatable bonds is 2. The van der Waals surface area contributed by atoms with Crippen LogP contribution in [0.3, 0.4) is 0 Å². The van der Waals surface area contributed by atoms with Gasteiger partial charge in [0.1, 0.15) is 11.9 Å². The Kier molecular flexibility index (Phi) is 2.39. The second-order valence-corrected chi connectivity index (χ2v) is 3.48. The molecule has 1 aliphatic heterocycles. The standard InChI is InChI=1S/C11H12O3/c12-11(13)7-9-6-5-8-3-1-2-4-10(8)14-9/h1-4,9H,5-7H2,(H,12,13)/t9-/m0/s1. The molecule has 0 bridgehead atoms. The van der Waals surface area contributed by atoms with Crippen LogP contribution < -0.4 is 4.74 Å². The number of carboxylic acid groups (broad SMARTS) is 1. The Morgan fingerprint density at radius 2 is 2.29 bits per heavy atom. The Morgan fingerprint density at radius 3 is 3.07 bits per heavy atom. The van der Waals surface area contributed by atoms with Gasteiger partial charge in [0.25, 0.3) is 0 Å². The first-order chi connectivity index (χ1) is 6.75. The zero-order valence-corrected chi connectivity index (χ0v) is 7.77. The number of hydrogen-bond acceptors (Lipinski definition) is 2. The minimum atomic E-state index is -0.797. The van der Waals surface area contributed by atoms with Gasteiger partial charge >= 0.3 is 5.97 Å². The first-order valence-electron chi connectivity index (χ1n) is 4.72. The highest BCUT2D eigenvalue weighted by Gasteiger charge is 2.21. The van der Waals surface area contributed by atoms with Gasteiger partial charge in [-0.3, -0.25) is 4.79 Å². The van der Waals surface area contributed by atoms with Gasteiger partial charge in [0.05, 0.1) is 6.42 Å². The maximum absolute atomic E-state index is 10.5. The van der Waals surface area contributed by atoms with Crippen LogP contribution in [0.2, 0.25) is 0 Å². The monoisotopic (exact) mass is 192 g/mol. The minimum absolute atomic E-state index is 0.0916. The number of carbonyl (C=O) groups is 1. The predicted molar refractivity (Wildman–Crippen MR) is 51.4 cm³/mol. The van der Waals surface area contributed by atoms with E-state index in [0.717, 1.165) is 18.6 Å². The molecule has 1 aromatic rings. The fourth-order valence-electron chi connectivity index (χ4n) is 1.72. The van der Waals surface area contributed by atoms with Gasteiger partial charge in [0.15, 0.2) is 0 Å². The van der Waals surface area contributed by atoms with Gasteiger partial charge in [-0.2, -0.15) is 0 Å². The predicted octanol–water partition coefficient (Wildman–Crippen LogP) is 1.85. The van der Waals surface area contributed by atoms with Crippen LogP contribution in [0.15, 0.2) is 24.3 Å². The second kappa shape index (κ2) is 3.70. The SMILES string of the molecule is O=C(O)C[C@@H]1CCc2ccccc2O1. The van der Waals surface area contributed by atoms with Crippen LogP contribution in [-0.4, -0.2) is 17.2 Å². The molecule has 1 aliphatic rings. The van der Waals surface area contributed by atoms with Gasteiger partial charge < -0.3 is 9.84 Å². The van der Waals surface area contributed by atoms with Crippen LogP contribution in [0.5, 0.6) is 5.75 Å². The average molecular weight is 192 g/mol. The van der Waals surface area contributed by atoms with Crippen molar-refractivity contribution in [2.24, 2.45) is 0 Å². The van der Waals surface area contributed by atoms with Gasteiger partial charge in [-0.05, 0) is 24.5 Å². The lowest BCUT2D eigenvalue weighted by atomic mass is 10.0. The number of para-hydroxylation sites is 1. The number of fused-ring (bicyclic) bond motifs is 1. The molecule has 1 atom stereocenters. The minimum Gasteiger partial charge on any atom is -0.490 e. The van der Waals surface area contributed by atoms with E-state index in [4.69, 9.17) is 9.84 Å². The lowest BCUT2D eigenvalue weighted by Crippen LogP contribution is -2.25. The van der Waals surface area contributed by atoms with Crippen molar-refractivity contribution in [3.63, 3.8) is 0 Å². The van der Waals surface area contributed by atoms with E-state index in [2.05, 4.69) is 0 Å².